The number of benzene rings is 3. The van der Waals surface area contributed by atoms with Crippen molar-refractivity contribution in [3.63, 3.8) is 0 Å². The molecule has 6 heteroatoms. The molecule has 3 aromatic carbocycles. The van der Waals surface area contributed by atoms with Crippen molar-refractivity contribution in [1.29, 1.82) is 0 Å². The van der Waals surface area contributed by atoms with Crippen LogP contribution in [0.2, 0.25) is 5.02 Å². The van der Waals surface area contributed by atoms with Gasteiger partial charge in [0.2, 0.25) is 0 Å². The fraction of sp³-hybridized carbons (Fsp3) is 0.333. The lowest BCUT2D eigenvalue weighted by atomic mass is 9.94. The third kappa shape index (κ3) is 6.60. The average Bonchev–Trinajstić information content (AvgIpc) is 3.36. The van der Waals surface area contributed by atoms with Gasteiger partial charge in [0, 0.05) is 35.4 Å². The smallest absolute Gasteiger partial charge is 0.254 e. The summed E-state index contributed by atoms with van der Waals surface area (Å²) in [4.78, 5) is 21.5. The van der Waals surface area contributed by atoms with Crippen molar-refractivity contribution in [2.24, 2.45) is 11.8 Å². The Hall–Kier alpha value is -3.41. The fourth-order valence-corrected chi connectivity index (χ4v) is 5.77. The molecule has 5 nitrogen and oxygen atoms in total. The van der Waals surface area contributed by atoms with Crippen molar-refractivity contribution in [3.8, 4) is 11.3 Å². The molecule has 0 radical (unpaired) electrons. The molecule has 39 heavy (non-hydrogen) atoms. The Labute approximate surface area is 236 Å². The van der Waals surface area contributed by atoms with E-state index >= 15 is 0 Å². The van der Waals surface area contributed by atoms with E-state index < -0.39 is 0 Å². The van der Waals surface area contributed by atoms with Crippen LogP contribution < -0.4 is 5.32 Å². The van der Waals surface area contributed by atoms with Gasteiger partial charge in [0.25, 0.3) is 5.91 Å². The van der Waals surface area contributed by atoms with Crippen LogP contribution >= 0.6 is 11.6 Å². The molecule has 1 saturated heterocycles. The molecule has 2 unspecified atom stereocenters. The monoisotopic (exact) mass is 540 g/mol. The van der Waals surface area contributed by atoms with E-state index in [0.717, 1.165) is 43.0 Å². The molecular formula is C33H37ClN4O. The summed E-state index contributed by atoms with van der Waals surface area (Å²) in [6.45, 7) is 7.71. The largest absolute Gasteiger partial charge is 0.328 e. The minimum Gasteiger partial charge on any atom is -0.328 e. The van der Waals surface area contributed by atoms with Crippen molar-refractivity contribution < 1.29 is 4.79 Å². The SMILES string of the molecule is CC(C)C(c1nc(-c2cccc(Cl)c2)cn1Cc1ccccc1)N(CC1CCCNC1)C(=O)c1ccccc1. The van der Waals surface area contributed by atoms with E-state index in [1.807, 2.05) is 60.7 Å². The van der Waals surface area contributed by atoms with Crippen LogP contribution in [0.25, 0.3) is 11.3 Å². The Morgan fingerprint density at radius 3 is 2.46 bits per heavy atom. The minimum atomic E-state index is -0.198. The first kappa shape index (κ1) is 27.2. The highest BCUT2D eigenvalue weighted by Crippen LogP contribution is 2.34. The van der Waals surface area contributed by atoms with Gasteiger partial charge in [-0.05, 0) is 67.6 Å². The van der Waals surface area contributed by atoms with E-state index in [0.29, 0.717) is 29.6 Å². The molecule has 5 rings (SSSR count). The number of aromatic nitrogens is 2. The van der Waals surface area contributed by atoms with Crippen LogP contribution in [0.5, 0.6) is 0 Å². The summed E-state index contributed by atoms with van der Waals surface area (Å²) >= 11 is 6.36. The van der Waals surface area contributed by atoms with Gasteiger partial charge in [-0.1, -0.05) is 86.1 Å². The van der Waals surface area contributed by atoms with Gasteiger partial charge in [0.15, 0.2) is 0 Å². The Morgan fingerprint density at radius 1 is 1.05 bits per heavy atom. The molecule has 0 saturated carbocycles. The molecule has 1 aliphatic rings. The van der Waals surface area contributed by atoms with E-state index in [-0.39, 0.29) is 17.9 Å². The maximum atomic E-state index is 14.2. The predicted octanol–water partition coefficient (Wildman–Crippen LogP) is 7.09. The lowest BCUT2D eigenvalue weighted by molar-refractivity contribution is 0.0546. The number of hydrogen-bond acceptors (Lipinski definition) is 3. The van der Waals surface area contributed by atoms with Gasteiger partial charge in [-0.15, -0.1) is 0 Å². The summed E-state index contributed by atoms with van der Waals surface area (Å²) in [5, 5.41) is 4.21. The number of carbonyl (C=O) groups excluding carboxylic acids is 1. The molecule has 1 fully saturated rings. The van der Waals surface area contributed by atoms with Crippen molar-refractivity contribution in [2.75, 3.05) is 19.6 Å². The van der Waals surface area contributed by atoms with Crippen LogP contribution in [0, 0.1) is 11.8 Å². The summed E-state index contributed by atoms with van der Waals surface area (Å²) in [6.07, 6.45) is 4.35. The van der Waals surface area contributed by atoms with Gasteiger partial charge in [-0.2, -0.15) is 0 Å². The second-order valence-corrected chi connectivity index (χ2v) is 11.3. The molecule has 0 bridgehead atoms. The van der Waals surface area contributed by atoms with Gasteiger partial charge >= 0.3 is 0 Å². The number of carbonyl (C=O) groups is 1. The number of imidazole rings is 1. The Kier molecular flexibility index (Phi) is 8.80. The Morgan fingerprint density at radius 2 is 1.79 bits per heavy atom. The molecule has 202 valence electrons. The normalized spacial score (nSPS) is 16.3. The Balaban J connectivity index is 1.61. The van der Waals surface area contributed by atoms with Crippen LogP contribution in [0.15, 0.2) is 91.1 Å². The van der Waals surface area contributed by atoms with E-state index in [4.69, 9.17) is 16.6 Å². The summed E-state index contributed by atoms with van der Waals surface area (Å²) < 4.78 is 2.22. The summed E-state index contributed by atoms with van der Waals surface area (Å²) in [6, 6.07) is 27.7. The van der Waals surface area contributed by atoms with E-state index in [9.17, 15) is 4.79 Å². The van der Waals surface area contributed by atoms with Crippen LogP contribution in [-0.4, -0.2) is 40.0 Å². The van der Waals surface area contributed by atoms with Crippen LogP contribution in [-0.2, 0) is 6.54 Å². The third-order valence-electron chi connectivity index (χ3n) is 7.49. The first-order valence-electron chi connectivity index (χ1n) is 13.9. The average molecular weight is 541 g/mol. The minimum absolute atomic E-state index is 0.0541. The van der Waals surface area contributed by atoms with Crippen molar-refractivity contribution >= 4 is 17.5 Å². The highest BCUT2D eigenvalue weighted by atomic mass is 35.5. The summed E-state index contributed by atoms with van der Waals surface area (Å²) in [5.41, 5.74) is 3.73. The number of amides is 1. The number of piperidine rings is 1. The summed E-state index contributed by atoms with van der Waals surface area (Å²) in [7, 11) is 0. The predicted molar refractivity (Wildman–Crippen MR) is 159 cm³/mol. The second kappa shape index (κ2) is 12.6. The molecule has 0 aliphatic carbocycles. The van der Waals surface area contributed by atoms with Crippen LogP contribution in [0.1, 0.15) is 54.5 Å². The van der Waals surface area contributed by atoms with Crippen LogP contribution in [0.4, 0.5) is 0 Å². The number of rotatable bonds is 9. The molecule has 1 amide bonds. The standard InChI is InChI=1S/C33H37ClN4O/c1-24(2)31(38(22-26-13-10-18-35-20-26)33(39)27-14-7-4-8-15-27)32-36-30(28-16-9-17-29(34)19-28)23-37(32)21-25-11-5-3-6-12-25/h3-9,11-12,14-17,19,23-24,26,31,35H,10,13,18,20-22H2,1-2H3. The van der Waals surface area contributed by atoms with Gasteiger partial charge in [0.05, 0.1) is 11.7 Å². The number of hydrogen-bond donors (Lipinski definition) is 1. The topological polar surface area (TPSA) is 50.2 Å². The van der Waals surface area contributed by atoms with Gasteiger partial charge < -0.3 is 14.8 Å². The maximum absolute atomic E-state index is 14.2. The van der Waals surface area contributed by atoms with Gasteiger partial charge in [-0.25, -0.2) is 4.98 Å². The molecule has 2 heterocycles. The van der Waals surface area contributed by atoms with E-state index in [1.165, 1.54) is 5.56 Å². The summed E-state index contributed by atoms with van der Waals surface area (Å²) in [5.74, 6) is 1.51. The zero-order valence-corrected chi connectivity index (χ0v) is 23.5. The first-order valence-corrected chi connectivity index (χ1v) is 14.3. The second-order valence-electron chi connectivity index (χ2n) is 10.8. The quantitative estimate of drug-likeness (QED) is 0.246. The van der Waals surface area contributed by atoms with Crippen LogP contribution in [0.3, 0.4) is 0 Å². The lowest BCUT2D eigenvalue weighted by Gasteiger charge is -2.38. The zero-order valence-electron chi connectivity index (χ0n) is 22.8. The molecule has 1 N–H and O–H groups in total. The molecule has 2 atom stereocenters. The number of nitrogens with zero attached hydrogens (tertiary/aromatic N) is 3. The Bertz CT molecular complexity index is 1360. The number of nitrogens with one attached hydrogen (secondary N) is 1. The van der Waals surface area contributed by atoms with Gasteiger partial charge in [-0.3, -0.25) is 4.79 Å². The zero-order chi connectivity index (χ0) is 27.2. The first-order chi connectivity index (χ1) is 19.0. The van der Waals surface area contributed by atoms with Crippen molar-refractivity contribution in [3.05, 3.63) is 113 Å². The number of halogens is 1. The van der Waals surface area contributed by atoms with Crippen molar-refractivity contribution in [2.45, 2.75) is 39.3 Å². The van der Waals surface area contributed by atoms with E-state index in [1.54, 1.807) is 0 Å². The molecule has 1 aromatic heterocycles. The lowest BCUT2D eigenvalue weighted by Crippen LogP contribution is -2.45. The van der Waals surface area contributed by atoms with Crippen molar-refractivity contribution in [1.82, 2.24) is 19.8 Å². The molecule has 4 aromatic rings. The molecular weight excluding hydrogens is 504 g/mol. The fourth-order valence-electron chi connectivity index (χ4n) is 5.58. The third-order valence-corrected chi connectivity index (χ3v) is 7.73. The molecule has 0 spiro atoms. The highest BCUT2D eigenvalue weighted by molar-refractivity contribution is 6.30. The van der Waals surface area contributed by atoms with E-state index in [2.05, 4.69) is 59.1 Å². The molecule has 1 aliphatic heterocycles. The maximum Gasteiger partial charge on any atom is 0.254 e. The highest BCUT2D eigenvalue weighted by Gasteiger charge is 2.34. The van der Waals surface area contributed by atoms with Gasteiger partial charge in [0.1, 0.15) is 5.82 Å².